The number of benzene rings is 1. The van der Waals surface area contributed by atoms with Crippen LogP contribution in [0.5, 0.6) is 11.5 Å². The molecule has 15 heavy (non-hydrogen) atoms. The van der Waals surface area contributed by atoms with Gasteiger partial charge in [0, 0.05) is 6.07 Å². The number of aromatic carboxylic acids is 1. The second kappa shape index (κ2) is 4.68. The van der Waals surface area contributed by atoms with E-state index in [0.717, 1.165) is 0 Å². The van der Waals surface area contributed by atoms with E-state index in [1.165, 1.54) is 19.2 Å². The highest BCUT2D eigenvalue weighted by molar-refractivity contribution is 5.88. The van der Waals surface area contributed by atoms with Crippen LogP contribution in [0.2, 0.25) is 0 Å². The van der Waals surface area contributed by atoms with Crippen molar-refractivity contribution in [3.05, 3.63) is 23.8 Å². The Morgan fingerprint density at radius 1 is 1.27 bits per heavy atom. The van der Waals surface area contributed by atoms with E-state index in [0.29, 0.717) is 11.5 Å². The molecule has 4 nitrogen and oxygen atoms in total. The summed E-state index contributed by atoms with van der Waals surface area (Å²) in [5.41, 5.74) is 0.157. The molecule has 0 aliphatic rings. The van der Waals surface area contributed by atoms with Crippen LogP contribution in [0, 0.1) is 0 Å². The third kappa shape index (κ3) is 3.16. The lowest BCUT2D eigenvalue weighted by Crippen LogP contribution is -2.07. The molecule has 0 spiro atoms. The minimum Gasteiger partial charge on any atom is -0.497 e. The first-order chi connectivity index (χ1) is 7.02. The molecule has 0 aliphatic carbocycles. The number of carboxylic acid groups (broad SMARTS) is 1. The predicted molar refractivity (Wildman–Crippen MR) is 55.7 cm³/mol. The molecule has 0 aliphatic heterocycles. The highest BCUT2D eigenvalue weighted by atomic mass is 16.5. The van der Waals surface area contributed by atoms with Gasteiger partial charge in [-0.15, -0.1) is 0 Å². The second-order valence-electron chi connectivity index (χ2n) is 3.37. The fourth-order valence-electron chi connectivity index (χ4n) is 1.15. The van der Waals surface area contributed by atoms with Crippen molar-refractivity contribution >= 4 is 5.97 Å². The predicted octanol–water partition coefficient (Wildman–Crippen LogP) is 2.18. The molecule has 0 unspecified atom stereocenters. The van der Waals surface area contributed by atoms with Gasteiger partial charge in [0.25, 0.3) is 0 Å². The molecule has 0 bridgehead atoms. The lowest BCUT2D eigenvalue weighted by Gasteiger charge is -2.11. The standard InChI is InChI=1S/C11H14O4/c1-7(2)15-10-5-8(11(12)13)4-9(6-10)14-3/h4-7H,1-3H3,(H,12,13). The van der Waals surface area contributed by atoms with E-state index in [9.17, 15) is 4.79 Å². The Morgan fingerprint density at radius 2 is 1.87 bits per heavy atom. The van der Waals surface area contributed by atoms with Gasteiger partial charge in [-0.25, -0.2) is 4.79 Å². The molecule has 0 radical (unpaired) electrons. The van der Waals surface area contributed by atoms with Gasteiger partial charge in [-0.05, 0) is 26.0 Å². The van der Waals surface area contributed by atoms with Gasteiger partial charge >= 0.3 is 5.97 Å². The SMILES string of the molecule is COc1cc(OC(C)C)cc(C(=O)O)c1. The van der Waals surface area contributed by atoms with Gasteiger partial charge in [-0.3, -0.25) is 0 Å². The smallest absolute Gasteiger partial charge is 0.335 e. The maximum absolute atomic E-state index is 10.8. The van der Waals surface area contributed by atoms with Gasteiger partial charge in [-0.2, -0.15) is 0 Å². The van der Waals surface area contributed by atoms with Crippen LogP contribution in [0.4, 0.5) is 0 Å². The fraction of sp³-hybridized carbons (Fsp3) is 0.364. The van der Waals surface area contributed by atoms with E-state index in [4.69, 9.17) is 14.6 Å². The average molecular weight is 210 g/mol. The van der Waals surface area contributed by atoms with E-state index in [-0.39, 0.29) is 11.7 Å². The molecule has 1 N–H and O–H groups in total. The van der Waals surface area contributed by atoms with E-state index < -0.39 is 5.97 Å². The van der Waals surface area contributed by atoms with Crippen LogP contribution in [0.15, 0.2) is 18.2 Å². The first-order valence-corrected chi connectivity index (χ1v) is 4.62. The Hall–Kier alpha value is -1.71. The molecule has 4 heteroatoms. The van der Waals surface area contributed by atoms with Crippen LogP contribution in [0.25, 0.3) is 0 Å². The average Bonchev–Trinajstić information content (AvgIpc) is 2.16. The second-order valence-corrected chi connectivity index (χ2v) is 3.37. The Bertz CT molecular complexity index is 358. The summed E-state index contributed by atoms with van der Waals surface area (Å²) in [6.45, 7) is 3.75. The Morgan fingerprint density at radius 3 is 2.33 bits per heavy atom. The molecule has 0 amide bonds. The van der Waals surface area contributed by atoms with Crippen LogP contribution in [0.3, 0.4) is 0 Å². The summed E-state index contributed by atoms with van der Waals surface area (Å²) in [5, 5.41) is 8.85. The number of carboxylic acids is 1. The van der Waals surface area contributed by atoms with Gasteiger partial charge in [0.15, 0.2) is 0 Å². The molecule has 0 saturated carbocycles. The lowest BCUT2D eigenvalue weighted by atomic mass is 10.2. The van der Waals surface area contributed by atoms with Crippen molar-refractivity contribution in [3.8, 4) is 11.5 Å². The largest absolute Gasteiger partial charge is 0.497 e. The zero-order valence-electron chi connectivity index (χ0n) is 8.98. The van der Waals surface area contributed by atoms with Crippen molar-refractivity contribution in [2.24, 2.45) is 0 Å². The first-order valence-electron chi connectivity index (χ1n) is 4.62. The van der Waals surface area contributed by atoms with Crippen molar-refractivity contribution in [1.29, 1.82) is 0 Å². The molecular weight excluding hydrogens is 196 g/mol. The highest BCUT2D eigenvalue weighted by Gasteiger charge is 2.08. The van der Waals surface area contributed by atoms with Crippen molar-refractivity contribution in [1.82, 2.24) is 0 Å². The maximum atomic E-state index is 10.8. The molecule has 0 fully saturated rings. The molecule has 82 valence electrons. The quantitative estimate of drug-likeness (QED) is 0.827. The van der Waals surface area contributed by atoms with Gasteiger partial charge in [-0.1, -0.05) is 0 Å². The molecule has 0 heterocycles. The number of methoxy groups -OCH3 is 1. The Balaban J connectivity index is 3.05. The fourth-order valence-corrected chi connectivity index (χ4v) is 1.15. The van der Waals surface area contributed by atoms with E-state index >= 15 is 0 Å². The minimum atomic E-state index is -0.998. The molecule has 1 aromatic carbocycles. The van der Waals surface area contributed by atoms with Gasteiger partial charge in [0.2, 0.25) is 0 Å². The summed E-state index contributed by atoms with van der Waals surface area (Å²) in [5.74, 6) is -0.0187. The molecule has 0 aromatic heterocycles. The van der Waals surface area contributed by atoms with Crippen LogP contribution < -0.4 is 9.47 Å². The summed E-state index contributed by atoms with van der Waals surface area (Å²) < 4.78 is 10.4. The summed E-state index contributed by atoms with van der Waals surface area (Å²) in [4.78, 5) is 10.8. The molecule has 1 aromatic rings. The normalized spacial score (nSPS) is 10.1. The van der Waals surface area contributed by atoms with Crippen molar-refractivity contribution < 1.29 is 19.4 Å². The van der Waals surface area contributed by atoms with Crippen LogP contribution in [0.1, 0.15) is 24.2 Å². The molecular formula is C11H14O4. The Kier molecular flexibility index (Phi) is 3.55. The van der Waals surface area contributed by atoms with E-state index in [1.807, 2.05) is 13.8 Å². The number of ether oxygens (including phenoxy) is 2. The number of hydrogen-bond acceptors (Lipinski definition) is 3. The van der Waals surface area contributed by atoms with Crippen LogP contribution in [-0.4, -0.2) is 24.3 Å². The molecule has 0 atom stereocenters. The van der Waals surface area contributed by atoms with Crippen molar-refractivity contribution in [3.63, 3.8) is 0 Å². The van der Waals surface area contributed by atoms with Crippen molar-refractivity contribution in [2.45, 2.75) is 20.0 Å². The van der Waals surface area contributed by atoms with Gasteiger partial charge < -0.3 is 14.6 Å². The third-order valence-electron chi connectivity index (χ3n) is 1.73. The maximum Gasteiger partial charge on any atom is 0.335 e. The van der Waals surface area contributed by atoms with Gasteiger partial charge in [0.05, 0.1) is 18.8 Å². The third-order valence-corrected chi connectivity index (χ3v) is 1.73. The topological polar surface area (TPSA) is 55.8 Å². The first kappa shape index (κ1) is 11.4. The number of hydrogen-bond donors (Lipinski definition) is 1. The number of rotatable bonds is 4. The van der Waals surface area contributed by atoms with Gasteiger partial charge in [0.1, 0.15) is 11.5 Å². The highest BCUT2D eigenvalue weighted by Crippen LogP contribution is 2.23. The zero-order valence-corrected chi connectivity index (χ0v) is 8.98. The van der Waals surface area contributed by atoms with E-state index in [2.05, 4.69) is 0 Å². The monoisotopic (exact) mass is 210 g/mol. The lowest BCUT2D eigenvalue weighted by molar-refractivity contribution is 0.0695. The molecule has 1 rings (SSSR count). The summed E-state index contributed by atoms with van der Waals surface area (Å²) >= 11 is 0. The molecule has 0 saturated heterocycles. The Labute approximate surface area is 88.4 Å². The zero-order chi connectivity index (χ0) is 11.4. The summed E-state index contributed by atoms with van der Waals surface area (Å²) in [6, 6.07) is 4.59. The summed E-state index contributed by atoms with van der Waals surface area (Å²) in [6.07, 6.45) is -0.00116. The van der Waals surface area contributed by atoms with Crippen LogP contribution >= 0.6 is 0 Å². The number of carbonyl (C=O) groups is 1. The van der Waals surface area contributed by atoms with E-state index in [1.54, 1.807) is 6.07 Å². The van der Waals surface area contributed by atoms with Crippen molar-refractivity contribution in [2.75, 3.05) is 7.11 Å². The summed E-state index contributed by atoms with van der Waals surface area (Å²) in [7, 11) is 1.49. The minimum absolute atomic E-state index is 0.00116. The van der Waals surface area contributed by atoms with Crippen LogP contribution in [-0.2, 0) is 0 Å².